The highest BCUT2D eigenvalue weighted by atomic mass is 19.0. The molecule has 2 aromatic heterocycles. The summed E-state index contributed by atoms with van der Waals surface area (Å²) in [5.74, 6) is 2.07. The molecule has 20 heteroatoms. The zero-order chi connectivity index (χ0) is 50.1. The van der Waals surface area contributed by atoms with Crippen LogP contribution in [-0.4, -0.2) is 111 Å². The number of aliphatic hydroxyl groups excluding tert-OH is 1. The van der Waals surface area contributed by atoms with Crippen molar-refractivity contribution in [2.75, 3.05) is 68.3 Å². The SMILES string of the molecule is COc1cc2c(=O)c(CCCNCCO)c3n(c2cc1OC)C(=O)c1cc2c(cc1-3)OCO2.COc1cc2c(=O)c(CCN3C(=O)c4ccccc4C3=O)c3n(c2cc1OC)C(=O)c1cc2c(cc1-3)OCO2.F.[2HH]. The molecule has 5 aromatic carbocycles. The standard InChI is InChI=1S/C29H20N2O8.C24H24N2O7.FH.H2/c1-36-21-11-19-20(12-22(21)37-2)31-25(17-9-23-24(39-13-38-23)10-18(17)29(31)35)16(26(19)32)7-8-30-27(33)14-5-3-4-6-15(14)28(30)34;1-30-18-10-16-17(11-19(18)31-2)26-22(13(23(16)28)4-3-5-25-6-7-27)14-8-20-21(33-12-32-20)9-15(14)24(26)29;;/h3-6,9-12H,7-8,13H2,1-2H3;8-11,25,27H,3-7,12H2,1-2H3;2*1H/i;;;1+1. The number of pyridine rings is 2. The lowest BCUT2D eigenvalue weighted by atomic mass is 9.98. The van der Waals surface area contributed by atoms with Crippen molar-refractivity contribution in [1.29, 1.82) is 0 Å². The summed E-state index contributed by atoms with van der Waals surface area (Å²) in [5, 5.41) is 12.7. The van der Waals surface area contributed by atoms with E-state index in [2.05, 4.69) is 5.32 Å². The Labute approximate surface area is 414 Å². The van der Waals surface area contributed by atoms with Gasteiger partial charge in [0.1, 0.15) is 0 Å². The Bertz CT molecular complexity index is 3630. The van der Waals surface area contributed by atoms with E-state index >= 15 is 0 Å². The first kappa shape index (κ1) is 47.9. The van der Waals surface area contributed by atoms with Crippen LogP contribution < -0.4 is 54.1 Å². The van der Waals surface area contributed by atoms with Crippen LogP contribution in [0.4, 0.5) is 4.70 Å². The van der Waals surface area contributed by atoms with Gasteiger partial charge in [-0.25, -0.2) is 0 Å². The summed E-state index contributed by atoms with van der Waals surface area (Å²) in [7, 11) is 5.94. The first-order valence-electron chi connectivity index (χ1n) is 22.9. The molecule has 0 saturated heterocycles. The van der Waals surface area contributed by atoms with Crippen molar-refractivity contribution in [3.8, 4) is 68.5 Å². The number of amides is 2. The van der Waals surface area contributed by atoms with Crippen molar-refractivity contribution in [3.05, 3.63) is 127 Å². The van der Waals surface area contributed by atoms with Gasteiger partial charge in [0.25, 0.3) is 23.6 Å². The number of aliphatic hydroxyl groups is 1. The average molecular weight is 1000 g/mol. The summed E-state index contributed by atoms with van der Waals surface area (Å²) < 4.78 is 46.8. The largest absolute Gasteiger partial charge is 0.493 e. The van der Waals surface area contributed by atoms with Crippen molar-refractivity contribution in [2.45, 2.75) is 19.3 Å². The summed E-state index contributed by atoms with van der Waals surface area (Å²) in [6.07, 6.45) is 1.15. The van der Waals surface area contributed by atoms with Crippen molar-refractivity contribution in [2.24, 2.45) is 0 Å². The number of carbonyl (C=O) groups excluding carboxylic acids is 4. The molecular weight excluding hydrogens is 952 g/mol. The van der Waals surface area contributed by atoms with Gasteiger partial charge in [-0.1, -0.05) is 12.1 Å². The zero-order valence-electron chi connectivity index (χ0n) is 39.7. The molecule has 0 fully saturated rings. The number of halogens is 1. The molecule has 7 aromatic rings. The van der Waals surface area contributed by atoms with Crippen LogP contribution in [-0.2, 0) is 12.8 Å². The third-order valence-electron chi connectivity index (χ3n) is 13.5. The fraction of sp³-hybridized carbons (Fsp3) is 0.245. The van der Waals surface area contributed by atoms with Crippen LogP contribution in [0.1, 0.15) is 60.4 Å². The van der Waals surface area contributed by atoms with Gasteiger partial charge in [0, 0.05) is 48.9 Å². The van der Waals surface area contributed by atoms with E-state index in [4.69, 9.17) is 43.0 Å². The number of hydrogen-bond donors (Lipinski definition) is 2. The van der Waals surface area contributed by atoms with E-state index in [1.165, 1.54) is 39.1 Å². The number of benzene rings is 5. The summed E-state index contributed by atoms with van der Waals surface area (Å²) in [6, 6.07) is 19.8. The fourth-order valence-corrected chi connectivity index (χ4v) is 10.1. The topological polar surface area (TPSA) is 222 Å². The van der Waals surface area contributed by atoms with E-state index in [1.807, 2.05) is 0 Å². The molecule has 0 atom stereocenters. The molecule has 73 heavy (non-hydrogen) atoms. The lowest BCUT2D eigenvalue weighted by molar-refractivity contribution is 0.0655. The van der Waals surface area contributed by atoms with Gasteiger partial charge in [-0.3, -0.25) is 47.5 Å². The van der Waals surface area contributed by atoms with Crippen molar-refractivity contribution < 1.29 is 68.3 Å². The molecule has 12 rings (SSSR count). The molecule has 7 heterocycles. The Morgan fingerprint density at radius 3 is 1.37 bits per heavy atom. The second kappa shape index (κ2) is 18.8. The minimum Gasteiger partial charge on any atom is -0.493 e. The molecule has 0 spiro atoms. The van der Waals surface area contributed by atoms with E-state index in [-0.39, 0.29) is 72.9 Å². The van der Waals surface area contributed by atoms with E-state index in [1.54, 1.807) is 71.3 Å². The first-order chi connectivity index (χ1) is 35.0. The summed E-state index contributed by atoms with van der Waals surface area (Å²) >= 11 is 0. The Balaban J connectivity index is 0.000000179. The molecule has 0 aliphatic carbocycles. The molecule has 2 amide bonds. The molecule has 5 aliphatic rings. The van der Waals surface area contributed by atoms with Gasteiger partial charge < -0.3 is 48.3 Å². The maximum Gasteiger partial charge on any atom is 0.263 e. The highest BCUT2D eigenvalue weighted by Crippen LogP contribution is 2.47. The molecule has 5 aliphatic heterocycles. The number of hydrogen-bond acceptors (Lipinski definition) is 16. The van der Waals surface area contributed by atoms with Crippen LogP contribution in [0.15, 0.2) is 82.4 Å². The second-order valence-electron chi connectivity index (χ2n) is 17.2. The van der Waals surface area contributed by atoms with Crippen LogP contribution in [0.25, 0.3) is 44.3 Å². The highest BCUT2D eigenvalue weighted by Gasteiger charge is 2.39. The molecule has 0 unspecified atom stereocenters. The van der Waals surface area contributed by atoms with Crippen LogP contribution in [0.3, 0.4) is 0 Å². The van der Waals surface area contributed by atoms with E-state index in [0.717, 1.165) is 4.90 Å². The molecule has 0 radical (unpaired) electrons. The first-order valence-corrected chi connectivity index (χ1v) is 22.9. The number of nitrogens with one attached hydrogen (secondary N) is 1. The van der Waals surface area contributed by atoms with Gasteiger partial charge in [0.15, 0.2) is 56.9 Å². The van der Waals surface area contributed by atoms with Crippen molar-refractivity contribution in [1.82, 2.24) is 19.4 Å². The average Bonchev–Trinajstić information content (AvgIpc) is 4.23. The van der Waals surface area contributed by atoms with Gasteiger partial charge >= 0.3 is 0 Å². The predicted molar refractivity (Wildman–Crippen MR) is 264 cm³/mol. The minimum atomic E-state index is -0.417. The number of rotatable bonds is 13. The van der Waals surface area contributed by atoms with Crippen molar-refractivity contribution >= 4 is 45.4 Å². The number of ether oxygens (including phenoxy) is 8. The van der Waals surface area contributed by atoms with Gasteiger partial charge in [-0.2, -0.15) is 0 Å². The van der Waals surface area contributed by atoms with Crippen LogP contribution in [0.2, 0.25) is 0 Å². The lowest BCUT2D eigenvalue weighted by Crippen LogP contribution is -2.33. The quantitative estimate of drug-likeness (QED) is 0.106. The summed E-state index contributed by atoms with van der Waals surface area (Å²) in [6.45, 7) is 1.24. The number of imide groups is 1. The molecule has 2 N–H and O–H groups in total. The number of carbonyl (C=O) groups is 4. The maximum absolute atomic E-state index is 14.0. The Kier molecular flexibility index (Phi) is 12.3. The van der Waals surface area contributed by atoms with E-state index in [9.17, 15) is 28.8 Å². The van der Waals surface area contributed by atoms with Gasteiger partial charge in [0.2, 0.25) is 13.6 Å². The Morgan fingerprint density at radius 2 is 0.945 bits per heavy atom. The normalized spacial score (nSPS) is 13.8. The van der Waals surface area contributed by atoms with Gasteiger partial charge in [-0.05, 0) is 74.3 Å². The monoisotopic (exact) mass is 999 g/mol. The van der Waals surface area contributed by atoms with Crippen LogP contribution in [0, 0.1) is 0 Å². The second-order valence-corrected chi connectivity index (χ2v) is 17.2. The highest BCUT2D eigenvalue weighted by molar-refractivity contribution is 6.21. The molecule has 19 nitrogen and oxygen atoms in total. The summed E-state index contributed by atoms with van der Waals surface area (Å²) in [5.41, 5.74) is 4.72. The zero-order valence-corrected chi connectivity index (χ0v) is 39.7. The number of methoxy groups -OCH3 is 4. The van der Waals surface area contributed by atoms with Gasteiger partial charge in [0.05, 0.1) is 90.5 Å². The molecule has 0 bridgehead atoms. The smallest absolute Gasteiger partial charge is 0.263 e. The van der Waals surface area contributed by atoms with Crippen molar-refractivity contribution in [3.63, 3.8) is 0 Å². The Morgan fingerprint density at radius 1 is 0.534 bits per heavy atom. The fourth-order valence-electron chi connectivity index (χ4n) is 10.1. The van der Waals surface area contributed by atoms with Gasteiger partial charge in [-0.15, -0.1) is 0 Å². The molecule has 376 valence electrons. The minimum absolute atomic E-state index is 0. The number of nitrogens with zero attached hydrogens (tertiary/aromatic N) is 3. The lowest BCUT2D eigenvalue weighted by Gasteiger charge is -2.18. The number of fused-ring (bicyclic) bond motifs is 13. The predicted octanol–water partition coefficient (Wildman–Crippen LogP) is 5.58. The van der Waals surface area contributed by atoms with Crippen LogP contribution in [0.5, 0.6) is 46.0 Å². The van der Waals surface area contributed by atoms with E-state index < -0.39 is 11.8 Å². The number of aromatic nitrogens is 2. The van der Waals surface area contributed by atoms with Crippen LogP contribution >= 0.6 is 0 Å². The Hall–Kier alpha value is -8.75. The van der Waals surface area contributed by atoms with E-state index in [0.29, 0.717) is 139 Å². The third kappa shape index (κ3) is 7.47. The molecular formula is C53H47FN4O15. The summed E-state index contributed by atoms with van der Waals surface area (Å²) in [4.78, 5) is 82.2. The third-order valence-corrected chi connectivity index (χ3v) is 13.5. The maximum atomic E-state index is 14.0. The molecule has 0 saturated carbocycles.